The lowest BCUT2D eigenvalue weighted by atomic mass is 9.41. The summed E-state index contributed by atoms with van der Waals surface area (Å²) in [5.74, 6) is 3.67. The van der Waals surface area contributed by atoms with Crippen molar-refractivity contribution in [1.29, 1.82) is 0 Å². The van der Waals surface area contributed by atoms with E-state index < -0.39 is 0 Å². The fraction of sp³-hybridized carbons (Fsp3) is 0.725. The number of rotatable bonds is 8. The molecule has 9 atom stereocenters. The minimum Gasteiger partial charge on any atom is -0.508 e. The largest absolute Gasteiger partial charge is 0.508 e. The molecule has 2 spiro atoms. The highest BCUT2D eigenvalue weighted by Crippen LogP contribution is 2.89. The van der Waals surface area contributed by atoms with Gasteiger partial charge in [0.15, 0.2) is 0 Å². The summed E-state index contributed by atoms with van der Waals surface area (Å²) in [5, 5.41) is 9.54. The topological polar surface area (TPSA) is 46.5 Å². The van der Waals surface area contributed by atoms with Crippen molar-refractivity contribution in [3.8, 4) is 5.75 Å². The monoisotopic (exact) mass is 586 g/mol. The molecule has 0 aromatic heterocycles. The minimum atomic E-state index is -0.245. The number of hydrogen-bond acceptors (Lipinski definition) is 3. The van der Waals surface area contributed by atoms with Crippen molar-refractivity contribution in [2.24, 2.45) is 56.7 Å². The molecule has 5 saturated carbocycles. The van der Waals surface area contributed by atoms with Crippen LogP contribution in [-0.4, -0.2) is 17.2 Å². The quantitative estimate of drug-likeness (QED) is 0.187. The molecule has 43 heavy (non-hydrogen) atoms. The summed E-state index contributed by atoms with van der Waals surface area (Å²) in [6, 6.07) is 6.90. The summed E-state index contributed by atoms with van der Waals surface area (Å²) < 4.78 is 6.22. The molecule has 0 saturated heterocycles. The molecule has 0 amide bonds. The standard InChI is InChI=1S/C40H58O3/c1-26(2)27(3)9-10-28(4)31-19-21-38(8)33-17-16-32-36(5,6)34(43-35(42)18-13-29-11-14-30(41)15-12-29)20-22-39(32)25-40(33,39)24-23-37(31,38)7/h11-15,18,26,28,31-34,41H,3,9-10,16-17,19-25H2,1-2,4-8H3/b18-13+/t28-,31-,32-,33-,34-,37-,38+,39-,40+/m1/s1. The minimum absolute atomic E-state index is 0.0120. The van der Waals surface area contributed by atoms with Gasteiger partial charge in [0, 0.05) is 11.5 Å². The average Bonchev–Trinajstić information content (AvgIpc) is 3.54. The fourth-order valence-electron chi connectivity index (χ4n) is 12.3. The van der Waals surface area contributed by atoms with Crippen LogP contribution in [0.4, 0.5) is 0 Å². The molecule has 1 aromatic rings. The first-order valence-electron chi connectivity index (χ1n) is 17.6. The lowest BCUT2D eigenvalue weighted by Crippen LogP contribution is -2.58. The highest BCUT2D eigenvalue weighted by Gasteiger charge is 2.82. The third-order valence-electron chi connectivity index (χ3n) is 15.1. The molecule has 5 aliphatic rings. The summed E-state index contributed by atoms with van der Waals surface area (Å²) in [4.78, 5) is 13.0. The summed E-state index contributed by atoms with van der Waals surface area (Å²) in [6.07, 6.45) is 17.7. The van der Waals surface area contributed by atoms with E-state index >= 15 is 0 Å². The lowest BCUT2D eigenvalue weighted by Gasteiger charge is -2.63. The molecule has 0 bridgehead atoms. The van der Waals surface area contributed by atoms with Gasteiger partial charge in [-0.1, -0.05) is 72.8 Å². The Morgan fingerprint density at radius 1 is 0.930 bits per heavy atom. The van der Waals surface area contributed by atoms with Crippen molar-refractivity contribution in [2.45, 2.75) is 125 Å². The molecule has 1 N–H and O–H groups in total. The third kappa shape index (κ3) is 4.60. The van der Waals surface area contributed by atoms with Crippen molar-refractivity contribution in [3.63, 3.8) is 0 Å². The highest BCUT2D eigenvalue weighted by atomic mass is 16.5. The van der Waals surface area contributed by atoms with Crippen LogP contribution in [0.25, 0.3) is 6.08 Å². The number of fused-ring (bicyclic) bond motifs is 2. The van der Waals surface area contributed by atoms with Crippen LogP contribution in [-0.2, 0) is 9.53 Å². The zero-order valence-electron chi connectivity index (χ0n) is 28.2. The molecular formula is C40H58O3. The number of aromatic hydroxyl groups is 1. The Balaban J connectivity index is 1.15. The van der Waals surface area contributed by atoms with E-state index in [1.165, 1.54) is 69.8 Å². The molecule has 236 valence electrons. The Hall–Kier alpha value is -2.03. The molecule has 5 fully saturated rings. The Morgan fingerprint density at radius 3 is 2.30 bits per heavy atom. The van der Waals surface area contributed by atoms with E-state index in [1.54, 1.807) is 24.3 Å². The van der Waals surface area contributed by atoms with Crippen molar-refractivity contribution in [2.75, 3.05) is 0 Å². The van der Waals surface area contributed by atoms with Gasteiger partial charge in [-0.3, -0.25) is 0 Å². The molecule has 0 radical (unpaired) electrons. The average molecular weight is 587 g/mol. The van der Waals surface area contributed by atoms with Crippen molar-refractivity contribution >= 4 is 12.0 Å². The number of esters is 1. The van der Waals surface area contributed by atoms with E-state index in [4.69, 9.17) is 4.74 Å². The second-order valence-corrected chi connectivity index (χ2v) is 17.2. The molecule has 3 heteroatoms. The van der Waals surface area contributed by atoms with Gasteiger partial charge in [-0.15, -0.1) is 0 Å². The fourth-order valence-corrected chi connectivity index (χ4v) is 12.3. The van der Waals surface area contributed by atoms with Gasteiger partial charge in [0.05, 0.1) is 0 Å². The molecule has 1 aromatic carbocycles. The maximum absolute atomic E-state index is 13.0. The normalized spacial score (nSPS) is 41.6. The SMILES string of the molecule is C=C(CC[C@@H](C)[C@H]1CC[C@@]2(C)[C@H]3CC[C@@H]4C(C)(C)[C@H](OC(=O)/C=C/c5ccc(O)cc5)CC[C@@]45C[C@@]35CC[C@]12C)C(C)C. The molecule has 3 nitrogen and oxygen atoms in total. The van der Waals surface area contributed by atoms with Crippen molar-refractivity contribution in [3.05, 3.63) is 48.1 Å². The van der Waals surface area contributed by atoms with Gasteiger partial charge in [-0.2, -0.15) is 0 Å². The Bertz CT molecular complexity index is 1270. The predicted octanol–water partition coefficient (Wildman–Crippen LogP) is 10.4. The number of ether oxygens (including phenoxy) is 1. The van der Waals surface area contributed by atoms with E-state index in [1.807, 2.05) is 12.1 Å². The summed E-state index contributed by atoms with van der Waals surface area (Å²) >= 11 is 0. The number of hydrogen-bond donors (Lipinski definition) is 1. The maximum atomic E-state index is 13.0. The maximum Gasteiger partial charge on any atom is 0.331 e. The van der Waals surface area contributed by atoms with Gasteiger partial charge in [0.25, 0.3) is 0 Å². The molecule has 0 heterocycles. The Labute approximate surface area is 262 Å². The Morgan fingerprint density at radius 2 is 1.60 bits per heavy atom. The Kier molecular flexibility index (Phi) is 7.58. The number of phenols is 1. The van der Waals surface area contributed by atoms with Crippen LogP contribution in [0.2, 0.25) is 0 Å². The third-order valence-corrected chi connectivity index (χ3v) is 15.1. The van der Waals surface area contributed by atoms with Crippen LogP contribution in [0.3, 0.4) is 0 Å². The first-order valence-corrected chi connectivity index (χ1v) is 17.6. The van der Waals surface area contributed by atoms with Gasteiger partial charge in [0.2, 0.25) is 0 Å². The number of carbonyl (C=O) groups is 1. The van der Waals surface area contributed by atoms with E-state index in [0.717, 1.165) is 29.7 Å². The first-order chi connectivity index (χ1) is 20.2. The van der Waals surface area contributed by atoms with Crippen LogP contribution in [0.5, 0.6) is 5.75 Å². The van der Waals surface area contributed by atoms with Gasteiger partial charge in [-0.25, -0.2) is 4.79 Å². The van der Waals surface area contributed by atoms with E-state index in [9.17, 15) is 9.90 Å². The first kappa shape index (κ1) is 31.0. The molecule has 0 aliphatic heterocycles. The second kappa shape index (κ2) is 10.5. The summed E-state index contributed by atoms with van der Waals surface area (Å²) in [5.41, 5.74) is 4.16. The van der Waals surface area contributed by atoms with Crippen molar-refractivity contribution < 1.29 is 14.6 Å². The highest BCUT2D eigenvalue weighted by molar-refractivity contribution is 5.87. The molecule has 5 aliphatic carbocycles. The zero-order valence-corrected chi connectivity index (χ0v) is 28.2. The number of carbonyl (C=O) groups excluding carboxylic acids is 1. The van der Waals surface area contributed by atoms with Crippen molar-refractivity contribution in [1.82, 2.24) is 0 Å². The number of allylic oxidation sites excluding steroid dienone is 1. The van der Waals surface area contributed by atoms with E-state index in [0.29, 0.717) is 33.5 Å². The van der Waals surface area contributed by atoms with Crippen LogP contribution in [0.1, 0.15) is 125 Å². The summed E-state index contributed by atoms with van der Waals surface area (Å²) in [6.45, 7) is 21.8. The van der Waals surface area contributed by atoms with Crippen LogP contribution in [0.15, 0.2) is 42.5 Å². The number of benzene rings is 1. The number of phenolic OH excluding ortho intramolecular Hbond substituents is 1. The van der Waals surface area contributed by atoms with E-state index in [-0.39, 0.29) is 23.2 Å². The van der Waals surface area contributed by atoms with Crippen LogP contribution >= 0.6 is 0 Å². The van der Waals surface area contributed by atoms with Gasteiger partial charge < -0.3 is 9.84 Å². The smallest absolute Gasteiger partial charge is 0.331 e. The van der Waals surface area contributed by atoms with Gasteiger partial charge >= 0.3 is 5.97 Å². The predicted molar refractivity (Wildman–Crippen MR) is 176 cm³/mol. The van der Waals surface area contributed by atoms with Crippen LogP contribution in [0, 0.1) is 56.7 Å². The van der Waals surface area contributed by atoms with E-state index in [2.05, 4.69) is 55.0 Å². The van der Waals surface area contributed by atoms with Crippen LogP contribution < -0.4 is 0 Å². The van der Waals surface area contributed by atoms with Gasteiger partial charge in [-0.05, 0) is 146 Å². The second-order valence-electron chi connectivity index (χ2n) is 17.2. The van der Waals surface area contributed by atoms with Gasteiger partial charge in [0.1, 0.15) is 11.9 Å². The zero-order chi connectivity index (χ0) is 31.0. The molecular weight excluding hydrogens is 528 g/mol. The lowest BCUT2D eigenvalue weighted by molar-refractivity contribution is -0.179. The molecule has 0 unspecified atom stereocenters. The molecule has 6 rings (SSSR count). The summed E-state index contributed by atoms with van der Waals surface area (Å²) in [7, 11) is 0.